The summed E-state index contributed by atoms with van der Waals surface area (Å²) in [5, 5.41) is 29.0. The maximum atomic E-state index is 12.1. The fourth-order valence-corrected chi connectivity index (χ4v) is 2.29. The molecule has 0 bridgehead atoms. The van der Waals surface area contributed by atoms with Gasteiger partial charge in [-0.25, -0.2) is 4.79 Å². The summed E-state index contributed by atoms with van der Waals surface area (Å²) in [5.74, 6) is -1.47. The molecule has 0 spiro atoms. The second-order valence-corrected chi connectivity index (χ2v) is 5.05. The molecule has 1 aromatic rings. The van der Waals surface area contributed by atoms with Crippen LogP contribution in [-0.2, 0) is 19.0 Å². The summed E-state index contributed by atoms with van der Waals surface area (Å²) < 4.78 is 15.1. The number of aliphatic hydroxyl groups is 3. The number of rotatable bonds is 4. The van der Waals surface area contributed by atoms with Gasteiger partial charge in [0.2, 0.25) is 0 Å². The van der Waals surface area contributed by atoms with Crippen molar-refractivity contribution in [3.8, 4) is 0 Å². The van der Waals surface area contributed by atoms with Gasteiger partial charge in [-0.15, -0.1) is 0 Å². The van der Waals surface area contributed by atoms with Crippen LogP contribution in [0, 0.1) is 0 Å². The Balaban J connectivity index is 2.22. The highest BCUT2D eigenvalue weighted by atomic mass is 16.7. The van der Waals surface area contributed by atoms with Gasteiger partial charge in [0.05, 0.1) is 12.2 Å². The molecule has 2 rings (SSSR count). The van der Waals surface area contributed by atoms with Gasteiger partial charge in [-0.2, -0.15) is 0 Å². The highest BCUT2D eigenvalue weighted by Crippen LogP contribution is 2.26. The second kappa shape index (κ2) is 7.51. The zero-order valence-electron chi connectivity index (χ0n) is 12.4. The third kappa shape index (κ3) is 4.05. The highest BCUT2D eigenvalue weighted by molar-refractivity contribution is 5.89. The van der Waals surface area contributed by atoms with Gasteiger partial charge < -0.3 is 29.5 Å². The number of benzene rings is 1. The SMILES string of the molecule is CC(=O)O[C@H]1[C@H](OC(=O)c2ccccc2)[C@H](O)[C@@H](O)O[C@@H]1CO. The Morgan fingerprint density at radius 1 is 1.13 bits per heavy atom. The van der Waals surface area contributed by atoms with E-state index in [1.165, 1.54) is 12.1 Å². The minimum Gasteiger partial charge on any atom is -0.456 e. The molecule has 0 aliphatic carbocycles. The molecule has 0 unspecified atom stereocenters. The average molecular weight is 326 g/mol. The van der Waals surface area contributed by atoms with Crippen molar-refractivity contribution < 1.29 is 39.1 Å². The third-order valence-corrected chi connectivity index (χ3v) is 3.37. The molecule has 8 heteroatoms. The van der Waals surface area contributed by atoms with Crippen LogP contribution in [0.15, 0.2) is 30.3 Å². The molecule has 1 heterocycles. The topological polar surface area (TPSA) is 123 Å². The van der Waals surface area contributed by atoms with Crippen LogP contribution < -0.4 is 0 Å². The molecular formula is C15H18O8. The number of hydrogen-bond acceptors (Lipinski definition) is 8. The first kappa shape index (κ1) is 17.4. The summed E-state index contributed by atoms with van der Waals surface area (Å²) in [6, 6.07) is 7.99. The first-order valence-corrected chi connectivity index (χ1v) is 6.99. The number of carbonyl (C=O) groups is 2. The normalized spacial score (nSPS) is 30.5. The largest absolute Gasteiger partial charge is 0.456 e. The van der Waals surface area contributed by atoms with Gasteiger partial charge in [-0.1, -0.05) is 18.2 Å². The monoisotopic (exact) mass is 326 g/mol. The molecule has 0 amide bonds. The fraction of sp³-hybridized carbons (Fsp3) is 0.467. The van der Waals surface area contributed by atoms with Gasteiger partial charge in [0, 0.05) is 6.92 Å². The highest BCUT2D eigenvalue weighted by Gasteiger charge is 2.48. The minimum atomic E-state index is -1.69. The van der Waals surface area contributed by atoms with E-state index in [-0.39, 0.29) is 5.56 Å². The van der Waals surface area contributed by atoms with Gasteiger partial charge in [-0.3, -0.25) is 4.79 Å². The molecule has 1 aliphatic heterocycles. The van der Waals surface area contributed by atoms with Crippen molar-refractivity contribution in [3.05, 3.63) is 35.9 Å². The Morgan fingerprint density at radius 2 is 1.78 bits per heavy atom. The number of ether oxygens (including phenoxy) is 3. The molecule has 0 saturated carbocycles. The number of carbonyl (C=O) groups excluding carboxylic acids is 2. The van der Waals surface area contributed by atoms with Crippen molar-refractivity contribution in [3.63, 3.8) is 0 Å². The molecule has 1 aromatic carbocycles. The van der Waals surface area contributed by atoms with Crippen molar-refractivity contribution in [1.29, 1.82) is 0 Å². The molecule has 23 heavy (non-hydrogen) atoms. The van der Waals surface area contributed by atoms with E-state index in [1.807, 2.05) is 0 Å². The van der Waals surface area contributed by atoms with E-state index in [0.717, 1.165) is 6.92 Å². The van der Waals surface area contributed by atoms with E-state index in [9.17, 15) is 24.9 Å². The van der Waals surface area contributed by atoms with Crippen molar-refractivity contribution in [2.45, 2.75) is 37.6 Å². The van der Waals surface area contributed by atoms with Crippen molar-refractivity contribution in [2.75, 3.05) is 6.61 Å². The molecule has 1 aliphatic rings. The van der Waals surface area contributed by atoms with Gasteiger partial charge in [0.1, 0.15) is 12.2 Å². The van der Waals surface area contributed by atoms with Gasteiger partial charge in [-0.05, 0) is 12.1 Å². The van der Waals surface area contributed by atoms with Crippen LogP contribution in [0.1, 0.15) is 17.3 Å². The number of aliphatic hydroxyl groups excluding tert-OH is 3. The summed E-state index contributed by atoms with van der Waals surface area (Å²) in [7, 11) is 0. The lowest BCUT2D eigenvalue weighted by Gasteiger charge is -2.41. The Labute approximate surface area is 132 Å². The second-order valence-electron chi connectivity index (χ2n) is 5.05. The van der Waals surface area contributed by atoms with E-state index in [2.05, 4.69) is 0 Å². The van der Waals surface area contributed by atoms with Crippen LogP contribution >= 0.6 is 0 Å². The maximum absolute atomic E-state index is 12.1. The van der Waals surface area contributed by atoms with E-state index in [0.29, 0.717) is 0 Å². The summed E-state index contributed by atoms with van der Waals surface area (Å²) in [5.41, 5.74) is 0.225. The Morgan fingerprint density at radius 3 is 2.35 bits per heavy atom. The van der Waals surface area contributed by atoms with E-state index in [1.54, 1.807) is 18.2 Å². The molecule has 0 radical (unpaired) electrons. The maximum Gasteiger partial charge on any atom is 0.338 e. The van der Waals surface area contributed by atoms with Crippen LogP contribution in [-0.4, -0.2) is 64.6 Å². The lowest BCUT2D eigenvalue weighted by molar-refractivity contribution is -0.288. The van der Waals surface area contributed by atoms with E-state index >= 15 is 0 Å². The fourth-order valence-electron chi connectivity index (χ4n) is 2.29. The van der Waals surface area contributed by atoms with Crippen LogP contribution in [0.5, 0.6) is 0 Å². The molecule has 5 atom stereocenters. The van der Waals surface area contributed by atoms with Gasteiger partial charge in [0.25, 0.3) is 0 Å². The van der Waals surface area contributed by atoms with Gasteiger partial charge >= 0.3 is 11.9 Å². The summed E-state index contributed by atoms with van der Waals surface area (Å²) >= 11 is 0. The molecular weight excluding hydrogens is 308 g/mol. The summed E-state index contributed by atoms with van der Waals surface area (Å²) in [4.78, 5) is 23.4. The third-order valence-electron chi connectivity index (χ3n) is 3.37. The average Bonchev–Trinajstić information content (AvgIpc) is 2.54. The molecule has 126 valence electrons. The van der Waals surface area contributed by atoms with E-state index < -0.39 is 49.3 Å². The first-order valence-electron chi connectivity index (χ1n) is 6.99. The van der Waals surface area contributed by atoms with Gasteiger partial charge in [0.15, 0.2) is 18.5 Å². The zero-order valence-corrected chi connectivity index (χ0v) is 12.4. The van der Waals surface area contributed by atoms with Crippen LogP contribution in [0.25, 0.3) is 0 Å². The first-order chi connectivity index (χ1) is 10.9. The van der Waals surface area contributed by atoms with Crippen LogP contribution in [0.2, 0.25) is 0 Å². The minimum absolute atomic E-state index is 0.225. The van der Waals surface area contributed by atoms with E-state index in [4.69, 9.17) is 14.2 Å². The van der Waals surface area contributed by atoms with Crippen molar-refractivity contribution in [1.82, 2.24) is 0 Å². The Hall–Kier alpha value is -2.00. The summed E-state index contributed by atoms with van der Waals surface area (Å²) in [6.45, 7) is 0.531. The predicted octanol–water partition coefficient (Wildman–Crippen LogP) is -0.786. The van der Waals surface area contributed by atoms with Crippen molar-refractivity contribution >= 4 is 11.9 Å². The number of hydrogen-bond donors (Lipinski definition) is 3. The molecule has 1 fully saturated rings. The van der Waals surface area contributed by atoms with Crippen molar-refractivity contribution in [2.24, 2.45) is 0 Å². The lowest BCUT2D eigenvalue weighted by atomic mass is 9.98. The standard InChI is InChI=1S/C15H18O8/c1-8(17)21-12-10(7-16)22-15(20)11(18)13(12)23-14(19)9-5-3-2-4-6-9/h2-6,10-13,15-16,18,20H,7H2,1H3/t10-,11+,12-,13-,15+/m1/s1. The molecule has 3 N–H and O–H groups in total. The zero-order chi connectivity index (χ0) is 17.0. The smallest absolute Gasteiger partial charge is 0.338 e. The lowest BCUT2D eigenvalue weighted by Crippen LogP contribution is -2.61. The Kier molecular flexibility index (Phi) is 5.67. The predicted molar refractivity (Wildman–Crippen MR) is 75.2 cm³/mol. The molecule has 0 aromatic heterocycles. The molecule has 1 saturated heterocycles. The quantitative estimate of drug-likeness (QED) is 0.616. The Bertz CT molecular complexity index is 546. The molecule has 8 nitrogen and oxygen atoms in total. The number of esters is 2. The summed E-state index contributed by atoms with van der Waals surface area (Å²) in [6.07, 6.45) is -7.08. The van der Waals surface area contributed by atoms with Crippen LogP contribution in [0.3, 0.4) is 0 Å². The van der Waals surface area contributed by atoms with Crippen LogP contribution in [0.4, 0.5) is 0 Å².